The SMILES string of the molecule is Cc1ccn2c(C(=O)N3CCCN(C4CSCCSC4)CC3)c(C)nc2c1. The fraction of sp³-hybridized carbons (Fsp3) is 0.600. The molecule has 27 heavy (non-hydrogen) atoms. The molecule has 2 fully saturated rings. The van der Waals surface area contributed by atoms with Gasteiger partial charge in [0.05, 0.1) is 5.69 Å². The van der Waals surface area contributed by atoms with Crippen molar-refractivity contribution in [1.29, 1.82) is 0 Å². The van der Waals surface area contributed by atoms with E-state index >= 15 is 0 Å². The smallest absolute Gasteiger partial charge is 0.272 e. The highest BCUT2D eigenvalue weighted by Gasteiger charge is 2.27. The number of aromatic nitrogens is 2. The lowest BCUT2D eigenvalue weighted by Gasteiger charge is -2.29. The zero-order chi connectivity index (χ0) is 18.8. The number of hydrogen-bond donors (Lipinski definition) is 0. The molecule has 4 heterocycles. The van der Waals surface area contributed by atoms with Crippen LogP contribution < -0.4 is 0 Å². The number of carbonyl (C=O) groups excluding carboxylic acids is 1. The molecular weight excluding hydrogens is 376 g/mol. The molecule has 2 aliphatic rings. The third-order valence-corrected chi connectivity index (χ3v) is 7.97. The van der Waals surface area contributed by atoms with Crippen molar-refractivity contribution in [2.45, 2.75) is 26.3 Å². The summed E-state index contributed by atoms with van der Waals surface area (Å²) in [7, 11) is 0. The molecule has 2 aliphatic heterocycles. The summed E-state index contributed by atoms with van der Waals surface area (Å²) in [5.41, 5.74) is 3.57. The number of pyridine rings is 1. The highest BCUT2D eigenvalue weighted by atomic mass is 32.2. The Bertz CT molecular complexity index is 814. The third kappa shape index (κ3) is 4.15. The molecule has 7 heteroatoms. The molecular formula is C20H28N4OS2. The maximum atomic E-state index is 13.3. The zero-order valence-electron chi connectivity index (χ0n) is 16.2. The Labute approximate surface area is 169 Å². The third-order valence-electron chi connectivity index (χ3n) is 5.49. The van der Waals surface area contributed by atoms with Crippen molar-refractivity contribution >= 4 is 35.1 Å². The van der Waals surface area contributed by atoms with Gasteiger partial charge in [-0.25, -0.2) is 4.98 Å². The van der Waals surface area contributed by atoms with Crippen LogP contribution in [-0.4, -0.2) is 80.3 Å². The molecule has 0 aliphatic carbocycles. The normalized spacial score (nSPS) is 20.6. The Morgan fingerprint density at radius 1 is 1.11 bits per heavy atom. The van der Waals surface area contributed by atoms with E-state index in [1.54, 1.807) is 0 Å². The average molecular weight is 405 g/mol. The van der Waals surface area contributed by atoms with Gasteiger partial charge in [0, 0.05) is 61.4 Å². The second kappa shape index (κ2) is 8.45. The van der Waals surface area contributed by atoms with Gasteiger partial charge in [-0.05, 0) is 38.0 Å². The monoisotopic (exact) mass is 404 g/mol. The van der Waals surface area contributed by atoms with Gasteiger partial charge < -0.3 is 4.90 Å². The first-order chi connectivity index (χ1) is 13.1. The van der Waals surface area contributed by atoms with Crippen LogP contribution in [0.25, 0.3) is 5.65 Å². The van der Waals surface area contributed by atoms with Crippen molar-refractivity contribution < 1.29 is 4.79 Å². The summed E-state index contributed by atoms with van der Waals surface area (Å²) in [5, 5.41) is 0. The summed E-state index contributed by atoms with van der Waals surface area (Å²) < 4.78 is 1.95. The van der Waals surface area contributed by atoms with Crippen molar-refractivity contribution in [3.05, 3.63) is 35.3 Å². The lowest BCUT2D eigenvalue weighted by atomic mass is 10.2. The summed E-state index contributed by atoms with van der Waals surface area (Å²) in [4.78, 5) is 22.6. The van der Waals surface area contributed by atoms with E-state index in [4.69, 9.17) is 0 Å². The summed E-state index contributed by atoms with van der Waals surface area (Å²) in [6.45, 7) is 7.72. The second-order valence-electron chi connectivity index (χ2n) is 7.46. The topological polar surface area (TPSA) is 40.9 Å². The predicted molar refractivity (Wildman–Crippen MR) is 115 cm³/mol. The van der Waals surface area contributed by atoms with Crippen LogP contribution in [0.15, 0.2) is 18.3 Å². The number of hydrogen-bond acceptors (Lipinski definition) is 5. The predicted octanol–water partition coefficient (Wildman–Crippen LogP) is 2.95. The van der Waals surface area contributed by atoms with E-state index in [-0.39, 0.29) is 5.91 Å². The van der Waals surface area contributed by atoms with E-state index in [1.165, 1.54) is 23.0 Å². The molecule has 4 rings (SSSR count). The van der Waals surface area contributed by atoms with E-state index in [0.717, 1.165) is 55.2 Å². The molecule has 0 spiro atoms. The standard InChI is InChI=1S/C20H28N4OS2/c1-15-4-7-24-18(12-15)21-16(2)19(24)20(25)23-6-3-5-22(8-9-23)17-13-26-10-11-27-14-17/h4,7,12,17H,3,5-6,8-11,13-14H2,1-2H3. The van der Waals surface area contributed by atoms with E-state index < -0.39 is 0 Å². The first-order valence-electron chi connectivity index (χ1n) is 9.77. The number of carbonyl (C=O) groups is 1. The summed E-state index contributed by atoms with van der Waals surface area (Å²) in [6, 6.07) is 4.73. The number of rotatable bonds is 2. The van der Waals surface area contributed by atoms with E-state index in [1.807, 2.05) is 34.6 Å². The first-order valence-corrected chi connectivity index (χ1v) is 12.1. The van der Waals surface area contributed by atoms with Crippen molar-refractivity contribution in [2.24, 2.45) is 0 Å². The molecule has 2 saturated heterocycles. The van der Waals surface area contributed by atoms with Crippen LogP contribution in [0, 0.1) is 13.8 Å². The highest BCUT2D eigenvalue weighted by Crippen LogP contribution is 2.22. The Kier molecular flexibility index (Phi) is 5.99. The van der Waals surface area contributed by atoms with Gasteiger partial charge in [-0.15, -0.1) is 0 Å². The quantitative estimate of drug-likeness (QED) is 0.770. The number of amides is 1. The first kappa shape index (κ1) is 19.2. The molecule has 0 saturated carbocycles. The molecule has 2 aromatic rings. The number of nitrogens with zero attached hydrogens (tertiary/aromatic N) is 4. The van der Waals surface area contributed by atoms with Gasteiger partial charge in [-0.2, -0.15) is 23.5 Å². The Balaban J connectivity index is 1.49. The molecule has 0 N–H and O–H groups in total. The average Bonchev–Trinajstić information content (AvgIpc) is 2.89. The van der Waals surface area contributed by atoms with E-state index in [9.17, 15) is 4.79 Å². The number of imidazole rings is 1. The van der Waals surface area contributed by atoms with Crippen LogP contribution in [-0.2, 0) is 0 Å². The minimum absolute atomic E-state index is 0.121. The fourth-order valence-corrected chi connectivity index (χ4v) is 6.62. The van der Waals surface area contributed by atoms with Crippen LogP contribution in [0.5, 0.6) is 0 Å². The van der Waals surface area contributed by atoms with E-state index in [0.29, 0.717) is 6.04 Å². The largest absolute Gasteiger partial charge is 0.336 e. The number of thioether (sulfide) groups is 2. The Morgan fingerprint density at radius 2 is 1.89 bits per heavy atom. The van der Waals surface area contributed by atoms with Crippen molar-refractivity contribution in [2.75, 3.05) is 49.2 Å². The van der Waals surface area contributed by atoms with Gasteiger partial charge in [0.2, 0.25) is 0 Å². The summed E-state index contributed by atoms with van der Waals surface area (Å²) in [6.07, 6.45) is 3.02. The van der Waals surface area contributed by atoms with Gasteiger partial charge in [0.1, 0.15) is 11.3 Å². The molecule has 0 bridgehead atoms. The zero-order valence-corrected chi connectivity index (χ0v) is 17.8. The molecule has 2 aromatic heterocycles. The van der Waals surface area contributed by atoms with Crippen LogP contribution in [0.3, 0.4) is 0 Å². The van der Waals surface area contributed by atoms with Crippen LogP contribution >= 0.6 is 23.5 Å². The van der Waals surface area contributed by atoms with E-state index in [2.05, 4.69) is 40.3 Å². The van der Waals surface area contributed by atoms with Gasteiger partial charge >= 0.3 is 0 Å². The summed E-state index contributed by atoms with van der Waals surface area (Å²) in [5.74, 6) is 5.12. The van der Waals surface area contributed by atoms with Gasteiger partial charge in [-0.1, -0.05) is 0 Å². The Hall–Kier alpha value is -1.18. The number of aryl methyl sites for hydroxylation is 2. The molecule has 0 aromatic carbocycles. The lowest BCUT2D eigenvalue weighted by molar-refractivity contribution is 0.0752. The fourth-order valence-electron chi connectivity index (χ4n) is 3.99. The molecule has 0 unspecified atom stereocenters. The van der Waals surface area contributed by atoms with Crippen LogP contribution in [0.4, 0.5) is 0 Å². The lowest BCUT2D eigenvalue weighted by Crippen LogP contribution is -2.42. The molecule has 0 atom stereocenters. The van der Waals surface area contributed by atoms with Crippen molar-refractivity contribution in [1.82, 2.24) is 19.2 Å². The maximum absolute atomic E-state index is 13.3. The van der Waals surface area contributed by atoms with Crippen molar-refractivity contribution in [3.8, 4) is 0 Å². The highest BCUT2D eigenvalue weighted by molar-refractivity contribution is 8.03. The van der Waals surface area contributed by atoms with Crippen LogP contribution in [0.1, 0.15) is 28.2 Å². The molecule has 146 valence electrons. The molecule has 5 nitrogen and oxygen atoms in total. The van der Waals surface area contributed by atoms with Gasteiger partial charge in [-0.3, -0.25) is 14.1 Å². The minimum Gasteiger partial charge on any atom is -0.336 e. The number of fused-ring (bicyclic) bond motifs is 1. The minimum atomic E-state index is 0.121. The van der Waals surface area contributed by atoms with Gasteiger partial charge in [0.15, 0.2) is 0 Å². The van der Waals surface area contributed by atoms with Gasteiger partial charge in [0.25, 0.3) is 5.91 Å². The molecule has 1 amide bonds. The second-order valence-corrected chi connectivity index (χ2v) is 9.76. The van der Waals surface area contributed by atoms with Crippen molar-refractivity contribution in [3.63, 3.8) is 0 Å². The van der Waals surface area contributed by atoms with Crippen LogP contribution in [0.2, 0.25) is 0 Å². The maximum Gasteiger partial charge on any atom is 0.272 e. The summed E-state index contributed by atoms with van der Waals surface area (Å²) >= 11 is 4.16. The molecule has 0 radical (unpaired) electrons. The Morgan fingerprint density at radius 3 is 2.67 bits per heavy atom.